The second kappa shape index (κ2) is 5.70. The number of allylic oxidation sites excluding steroid dienone is 1. The molecule has 1 rings (SSSR count). The number of rotatable bonds is 5. The summed E-state index contributed by atoms with van der Waals surface area (Å²) in [7, 11) is 1.60. The molecule has 2 atom stereocenters. The molecule has 2 N–H and O–H groups in total. The summed E-state index contributed by atoms with van der Waals surface area (Å²) < 4.78 is 5.60. The van der Waals surface area contributed by atoms with E-state index < -0.39 is 11.7 Å². The van der Waals surface area contributed by atoms with Gasteiger partial charge in [-0.2, -0.15) is 0 Å². The van der Waals surface area contributed by atoms with Crippen LogP contribution in [0.4, 0.5) is 0 Å². The predicted octanol–water partition coefficient (Wildman–Crippen LogP) is 1.47. The third-order valence-corrected chi connectivity index (χ3v) is 3.66. The van der Waals surface area contributed by atoms with E-state index in [0.29, 0.717) is 29.5 Å². The number of dihydropyridines is 1. The molecule has 2 unspecified atom stereocenters. The summed E-state index contributed by atoms with van der Waals surface area (Å²) in [5.41, 5.74) is 5.07. The van der Waals surface area contributed by atoms with Crippen LogP contribution in [-0.2, 0) is 4.74 Å². The summed E-state index contributed by atoms with van der Waals surface area (Å²) in [5, 5.41) is 11.2. The fourth-order valence-electron chi connectivity index (χ4n) is 1.77. The molecule has 0 aromatic heterocycles. The first-order chi connectivity index (χ1) is 7.94. The number of methoxy groups -OCH3 is 1. The van der Waals surface area contributed by atoms with Gasteiger partial charge in [0, 0.05) is 41.8 Å². The third kappa shape index (κ3) is 2.72. The van der Waals surface area contributed by atoms with Gasteiger partial charge in [0.05, 0.1) is 0 Å². The fraction of sp³-hybridized carbons (Fsp3) is 0.700. The number of nitrogens with zero attached hydrogens (tertiary/aromatic N) is 2. The second-order valence-electron chi connectivity index (χ2n) is 4.05. The van der Waals surface area contributed by atoms with E-state index in [-0.39, 0.29) is 4.92 Å². The first-order valence-corrected chi connectivity index (χ1v) is 6.05. The zero-order valence-corrected chi connectivity index (χ0v) is 11.4. The lowest BCUT2D eigenvalue weighted by molar-refractivity contribution is -0.557. The molecule has 7 heteroatoms. The van der Waals surface area contributed by atoms with Crippen molar-refractivity contribution >= 4 is 22.1 Å². The first-order valence-electron chi connectivity index (χ1n) is 5.26. The lowest BCUT2D eigenvalue weighted by Crippen LogP contribution is -2.53. The number of halogens is 1. The highest BCUT2D eigenvalue weighted by Crippen LogP contribution is 2.35. The molecule has 0 fully saturated rings. The van der Waals surface area contributed by atoms with Gasteiger partial charge in [0.25, 0.3) is 5.54 Å². The van der Waals surface area contributed by atoms with Crippen molar-refractivity contribution < 1.29 is 9.66 Å². The SMILES string of the molecule is COCCCC1=C(Br)C=NC(N)C1(C)[N+](=O)[O-]. The van der Waals surface area contributed by atoms with E-state index in [1.807, 2.05) is 0 Å². The van der Waals surface area contributed by atoms with Crippen LogP contribution in [0.2, 0.25) is 0 Å². The maximum atomic E-state index is 11.2. The third-order valence-electron chi connectivity index (χ3n) is 2.98. The molecule has 0 bridgehead atoms. The minimum atomic E-state index is -1.35. The highest BCUT2D eigenvalue weighted by molar-refractivity contribution is 9.12. The van der Waals surface area contributed by atoms with Gasteiger partial charge in [0.2, 0.25) is 0 Å². The molecule has 0 aromatic carbocycles. The van der Waals surface area contributed by atoms with Crippen molar-refractivity contribution in [2.45, 2.75) is 31.5 Å². The molecule has 96 valence electrons. The number of aliphatic imine (C=N–C) groups is 1. The minimum absolute atomic E-state index is 0.364. The molecule has 6 nitrogen and oxygen atoms in total. The number of nitro groups is 1. The number of hydrogen-bond donors (Lipinski definition) is 1. The van der Waals surface area contributed by atoms with Crippen molar-refractivity contribution in [3.63, 3.8) is 0 Å². The highest BCUT2D eigenvalue weighted by atomic mass is 79.9. The van der Waals surface area contributed by atoms with Gasteiger partial charge in [-0.05, 0) is 28.8 Å². The topological polar surface area (TPSA) is 90.8 Å². The van der Waals surface area contributed by atoms with Gasteiger partial charge in [-0.15, -0.1) is 0 Å². The fourth-order valence-corrected chi connectivity index (χ4v) is 2.49. The lowest BCUT2D eigenvalue weighted by atomic mass is 9.85. The van der Waals surface area contributed by atoms with Gasteiger partial charge in [-0.25, -0.2) is 0 Å². The largest absolute Gasteiger partial charge is 0.385 e. The van der Waals surface area contributed by atoms with Crippen LogP contribution in [0.3, 0.4) is 0 Å². The van der Waals surface area contributed by atoms with Crippen LogP contribution in [-0.4, -0.2) is 36.6 Å². The van der Waals surface area contributed by atoms with E-state index in [0.717, 1.165) is 0 Å². The minimum Gasteiger partial charge on any atom is -0.385 e. The summed E-state index contributed by atoms with van der Waals surface area (Å²) in [6.07, 6.45) is 1.96. The molecule has 0 spiro atoms. The van der Waals surface area contributed by atoms with E-state index in [2.05, 4.69) is 20.9 Å². The van der Waals surface area contributed by atoms with E-state index in [1.54, 1.807) is 7.11 Å². The number of ether oxygens (including phenoxy) is 1. The van der Waals surface area contributed by atoms with Gasteiger partial charge in [0.15, 0.2) is 6.17 Å². The van der Waals surface area contributed by atoms with Crippen molar-refractivity contribution in [3.8, 4) is 0 Å². The Labute approximate surface area is 108 Å². The summed E-state index contributed by atoms with van der Waals surface area (Å²) in [4.78, 5) is 14.8. The van der Waals surface area contributed by atoms with Crippen molar-refractivity contribution in [1.82, 2.24) is 0 Å². The molecule has 0 saturated heterocycles. The maximum Gasteiger partial charge on any atom is 0.276 e. The Morgan fingerprint density at radius 3 is 2.94 bits per heavy atom. The molecule has 1 aliphatic heterocycles. The average Bonchev–Trinajstić information content (AvgIpc) is 2.28. The van der Waals surface area contributed by atoms with Crippen LogP contribution in [0, 0.1) is 10.1 Å². The van der Waals surface area contributed by atoms with E-state index in [4.69, 9.17) is 10.5 Å². The Morgan fingerprint density at radius 1 is 1.76 bits per heavy atom. The van der Waals surface area contributed by atoms with Crippen molar-refractivity contribution in [2.24, 2.45) is 10.7 Å². The van der Waals surface area contributed by atoms with Crippen LogP contribution in [0.1, 0.15) is 19.8 Å². The normalized spacial score (nSPS) is 28.6. The molecule has 1 aliphatic rings. The molecule has 0 saturated carbocycles. The molecule has 0 radical (unpaired) electrons. The summed E-state index contributed by atoms with van der Waals surface area (Å²) >= 11 is 3.31. The lowest BCUT2D eigenvalue weighted by Gasteiger charge is -2.30. The van der Waals surface area contributed by atoms with E-state index in [9.17, 15) is 10.1 Å². The quantitative estimate of drug-likeness (QED) is 0.473. The second-order valence-corrected chi connectivity index (χ2v) is 4.90. The van der Waals surface area contributed by atoms with Crippen LogP contribution in [0.25, 0.3) is 0 Å². The molecular weight excluding hydrogens is 290 g/mol. The average molecular weight is 306 g/mol. The molecule has 0 aromatic rings. The van der Waals surface area contributed by atoms with E-state index in [1.165, 1.54) is 13.1 Å². The Balaban J connectivity index is 3.00. The van der Waals surface area contributed by atoms with Crippen LogP contribution < -0.4 is 5.73 Å². The predicted molar refractivity (Wildman–Crippen MR) is 68.9 cm³/mol. The Morgan fingerprint density at radius 2 is 2.41 bits per heavy atom. The first kappa shape index (κ1) is 14.3. The van der Waals surface area contributed by atoms with Gasteiger partial charge < -0.3 is 10.5 Å². The Kier molecular flexibility index (Phi) is 4.79. The summed E-state index contributed by atoms with van der Waals surface area (Å²) in [6, 6.07) is 0. The summed E-state index contributed by atoms with van der Waals surface area (Å²) in [5.74, 6) is 0. The zero-order chi connectivity index (χ0) is 13.1. The van der Waals surface area contributed by atoms with Gasteiger partial charge in [0.1, 0.15) is 0 Å². The van der Waals surface area contributed by atoms with E-state index >= 15 is 0 Å². The van der Waals surface area contributed by atoms with Crippen LogP contribution in [0.5, 0.6) is 0 Å². The molecule has 1 heterocycles. The molecule has 0 amide bonds. The smallest absolute Gasteiger partial charge is 0.276 e. The Bertz CT molecular complexity index is 370. The standard InChI is InChI=1S/C10H16BrN3O3/c1-10(14(15)16)7(4-3-5-17-2)8(11)6-13-9(10)12/h6,9H,3-5,12H2,1-2H3. The van der Waals surface area contributed by atoms with Gasteiger partial charge in [-0.3, -0.25) is 15.1 Å². The number of hydrogen-bond acceptors (Lipinski definition) is 5. The van der Waals surface area contributed by atoms with Crippen LogP contribution >= 0.6 is 15.9 Å². The van der Waals surface area contributed by atoms with Crippen molar-refractivity contribution in [1.29, 1.82) is 0 Å². The van der Waals surface area contributed by atoms with Gasteiger partial charge >= 0.3 is 0 Å². The monoisotopic (exact) mass is 305 g/mol. The zero-order valence-electron chi connectivity index (χ0n) is 9.85. The molecule has 0 aliphatic carbocycles. The maximum absolute atomic E-state index is 11.2. The Hall–Kier alpha value is -0.790. The van der Waals surface area contributed by atoms with Crippen molar-refractivity contribution in [3.05, 3.63) is 20.2 Å². The van der Waals surface area contributed by atoms with Crippen molar-refractivity contribution in [2.75, 3.05) is 13.7 Å². The molecule has 17 heavy (non-hydrogen) atoms. The molecular formula is C10H16BrN3O3. The highest BCUT2D eigenvalue weighted by Gasteiger charge is 2.50. The van der Waals surface area contributed by atoms with Gasteiger partial charge in [-0.1, -0.05) is 0 Å². The van der Waals surface area contributed by atoms with Crippen LogP contribution in [0.15, 0.2) is 15.0 Å². The summed E-state index contributed by atoms with van der Waals surface area (Å²) in [6.45, 7) is 2.07. The number of nitrogens with two attached hydrogens (primary N) is 1.